The summed E-state index contributed by atoms with van der Waals surface area (Å²) in [5.41, 5.74) is 1.40. The van der Waals surface area contributed by atoms with Crippen LogP contribution in [0.3, 0.4) is 0 Å². The van der Waals surface area contributed by atoms with E-state index < -0.39 is 0 Å². The third-order valence-electron chi connectivity index (χ3n) is 3.87. The van der Waals surface area contributed by atoms with Crippen molar-refractivity contribution >= 4 is 29.0 Å². The summed E-state index contributed by atoms with van der Waals surface area (Å²) in [7, 11) is 1.98. The number of carbonyl (C=O) groups is 1. The van der Waals surface area contributed by atoms with E-state index in [0.29, 0.717) is 6.54 Å². The minimum Gasteiger partial charge on any atom is -0.350 e. The molecule has 4 nitrogen and oxygen atoms in total. The van der Waals surface area contributed by atoms with Crippen molar-refractivity contribution in [3.05, 3.63) is 33.8 Å². The number of nitrogens with zero attached hydrogens (tertiary/aromatic N) is 2. The van der Waals surface area contributed by atoms with Gasteiger partial charge in [0.05, 0.1) is 4.88 Å². The van der Waals surface area contributed by atoms with Gasteiger partial charge in [-0.3, -0.25) is 4.79 Å². The molecule has 1 aliphatic rings. The first-order valence-corrected chi connectivity index (χ1v) is 9.54. The fraction of sp³-hybridized carbons (Fsp3) is 0.500. The predicted molar refractivity (Wildman–Crippen MR) is 91.8 cm³/mol. The monoisotopic (exact) mass is 335 g/mol. The molecule has 1 aliphatic carbocycles. The molecule has 0 spiro atoms. The number of thiophene rings is 1. The lowest BCUT2D eigenvalue weighted by Gasteiger charge is -2.04. The highest BCUT2D eigenvalue weighted by Gasteiger charge is 2.16. The molecule has 0 bridgehead atoms. The van der Waals surface area contributed by atoms with Gasteiger partial charge in [0, 0.05) is 36.6 Å². The van der Waals surface area contributed by atoms with Gasteiger partial charge in [0.2, 0.25) is 0 Å². The lowest BCUT2D eigenvalue weighted by molar-refractivity contribution is 0.0960. The number of thioether (sulfide) groups is 1. The van der Waals surface area contributed by atoms with Crippen LogP contribution >= 0.6 is 23.1 Å². The summed E-state index contributed by atoms with van der Waals surface area (Å²) in [5, 5.41) is 4.00. The molecule has 2 aromatic heterocycles. The second kappa shape index (κ2) is 7.33. The average Bonchev–Trinajstić information content (AvgIpc) is 3.04. The Morgan fingerprint density at radius 2 is 2.27 bits per heavy atom. The SMILES string of the molecule is Cn1ccnc1SCCNC(=O)c1cc2c(s1)CCCCC2. The number of hydrogen-bond donors (Lipinski definition) is 1. The van der Waals surface area contributed by atoms with Crippen molar-refractivity contribution in [2.45, 2.75) is 37.3 Å². The van der Waals surface area contributed by atoms with E-state index in [1.807, 2.05) is 17.8 Å². The predicted octanol–water partition coefficient (Wildman–Crippen LogP) is 3.27. The molecule has 0 saturated carbocycles. The molecule has 118 valence electrons. The lowest BCUT2D eigenvalue weighted by Crippen LogP contribution is -2.25. The van der Waals surface area contributed by atoms with Crippen molar-refractivity contribution in [2.75, 3.05) is 12.3 Å². The van der Waals surface area contributed by atoms with E-state index in [2.05, 4.69) is 16.4 Å². The van der Waals surface area contributed by atoms with Gasteiger partial charge in [-0.15, -0.1) is 11.3 Å². The third kappa shape index (κ3) is 3.73. The number of fused-ring (bicyclic) bond motifs is 1. The van der Waals surface area contributed by atoms with Crippen molar-refractivity contribution < 1.29 is 4.79 Å². The number of aromatic nitrogens is 2. The molecular formula is C16H21N3OS2. The van der Waals surface area contributed by atoms with E-state index in [-0.39, 0.29) is 5.91 Å². The maximum Gasteiger partial charge on any atom is 0.261 e. The van der Waals surface area contributed by atoms with E-state index in [0.717, 1.165) is 28.6 Å². The van der Waals surface area contributed by atoms with Crippen LogP contribution in [0.5, 0.6) is 0 Å². The number of imidazole rings is 1. The Hall–Kier alpha value is -1.27. The second-order valence-electron chi connectivity index (χ2n) is 5.54. The van der Waals surface area contributed by atoms with Gasteiger partial charge in [0.1, 0.15) is 0 Å². The molecular weight excluding hydrogens is 314 g/mol. The van der Waals surface area contributed by atoms with E-state index in [4.69, 9.17) is 0 Å². The summed E-state index contributed by atoms with van der Waals surface area (Å²) in [6.45, 7) is 0.666. The number of aryl methyl sites for hydroxylation is 3. The Morgan fingerprint density at radius 3 is 3.09 bits per heavy atom. The van der Waals surface area contributed by atoms with Crippen LogP contribution in [-0.2, 0) is 19.9 Å². The molecule has 6 heteroatoms. The molecule has 0 fully saturated rings. The fourth-order valence-electron chi connectivity index (χ4n) is 2.66. The molecule has 3 rings (SSSR count). The van der Waals surface area contributed by atoms with Crippen LogP contribution in [0.2, 0.25) is 0 Å². The van der Waals surface area contributed by atoms with Gasteiger partial charge in [0.25, 0.3) is 5.91 Å². The van der Waals surface area contributed by atoms with E-state index in [1.165, 1.54) is 29.7 Å². The first-order valence-electron chi connectivity index (χ1n) is 7.74. The van der Waals surface area contributed by atoms with E-state index in [1.54, 1.807) is 29.3 Å². The van der Waals surface area contributed by atoms with Gasteiger partial charge in [-0.1, -0.05) is 18.2 Å². The Morgan fingerprint density at radius 1 is 1.41 bits per heavy atom. The largest absolute Gasteiger partial charge is 0.350 e. The Labute approximate surface area is 139 Å². The van der Waals surface area contributed by atoms with Gasteiger partial charge < -0.3 is 9.88 Å². The van der Waals surface area contributed by atoms with Crippen molar-refractivity contribution in [3.63, 3.8) is 0 Å². The van der Waals surface area contributed by atoms with Gasteiger partial charge in [-0.05, 0) is 37.3 Å². The zero-order valence-corrected chi connectivity index (χ0v) is 14.4. The Bertz CT molecular complexity index is 624. The van der Waals surface area contributed by atoms with Crippen molar-refractivity contribution in [1.82, 2.24) is 14.9 Å². The van der Waals surface area contributed by atoms with Gasteiger partial charge in [-0.2, -0.15) is 0 Å². The molecule has 0 atom stereocenters. The van der Waals surface area contributed by atoms with Gasteiger partial charge >= 0.3 is 0 Å². The first kappa shape index (κ1) is 15.6. The standard InChI is InChI=1S/C16H21N3OS2/c1-19-9-7-18-16(19)21-10-8-17-15(20)14-11-12-5-3-2-4-6-13(12)22-14/h7,9,11H,2-6,8,10H2,1H3,(H,17,20). The summed E-state index contributed by atoms with van der Waals surface area (Å²) in [6, 6.07) is 2.10. The van der Waals surface area contributed by atoms with Crippen LogP contribution in [-0.4, -0.2) is 27.8 Å². The minimum absolute atomic E-state index is 0.0681. The highest BCUT2D eigenvalue weighted by Crippen LogP contribution is 2.28. The first-order chi connectivity index (χ1) is 10.7. The highest BCUT2D eigenvalue weighted by molar-refractivity contribution is 7.99. The van der Waals surface area contributed by atoms with Crippen LogP contribution in [0, 0.1) is 0 Å². The maximum absolute atomic E-state index is 12.2. The quantitative estimate of drug-likeness (QED) is 0.518. The van der Waals surface area contributed by atoms with Gasteiger partial charge in [0.15, 0.2) is 5.16 Å². The maximum atomic E-state index is 12.2. The minimum atomic E-state index is 0.0681. The van der Waals surface area contributed by atoms with E-state index in [9.17, 15) is 4.79 Å². The molecule has 0 aliphatic heterocycles. The molecule has 1 amide bonds. The summed E-state index contributed by atoms with van der Waals surface area (Å²) in [4.78, 5) is 18.8. The zero-order chi connectivity index (χ0) is 15.4. The normalized spacial score (nSPS) is 14.4. The number of rotatable bonds is 5. The fourth-order valence-corrected chi connectivity index (χ4v) is 4.62. The van der Waals surface area contributed by atoms with Crippen LogP contribution in [0.4, 0.5) is 0 Å². The van der Waals surface area contributed by atoms with Crippen molar-refractivity contribution in [2.24, 2.45) is 7.05 Å². The molecule has 0 unspecified atom stereocenters. The van der Waals surface area contributed by atoms with Crippen molar-refractivity contribution in [3.8, 4) is 0 Å². The number of nitrogens with one attached hydrogen (secondary N) is 1. The number of hydrogen-bond acceptors (Lipinski definition) is 4. The van der Waals surface area contributed by atoms with Crippen LogP contribution in [0.25, 0.3) is 0 Å². The average molecular weight is 335 g/mol. The lowest BCUT2D eigenvalue weighted by atomic mass is 10.1. The third-order valence-corrected chi connectivity index (χ3v) is 6.16. The van der Waals surface area contributed by atoms with Crippen LogP contribution < -0.4 is 5.32 Å². The van der Waals surface area contributed by atoms with E-state index >= 15 is 0 Å². The second-order valence-corrected chi connectivity index (χ2v) is 7.74. The Balaban J connectivity index is 1.49. The molecule has 0 radical (unpaired) electrons. The topological polar surface area (TPSA) is 46.9 Å². The smallest absolute Gasteiger partial charge is 0.261 e. The highest BCUT2D eigenvalue weighted by atomic mass is 32.2. The molecule has 0 aromatic carbocycles. The molecule has 2 heterocycles. The van der Waals surface area contributed by atoms with Crippen molar-refractivity contribution in [1.29, 1.82) is 0 Å². The molecule has 2 aromatic rings. The van der Waals surface area contributed by atoms with Gasteiger partial charge in [-0.25, -0.2) is 4.98 Å². The number of carbonyl (C=O) groups excluding carboxylic acids is 1. The zero-order valence-electron chi connectivity index (χ0n) is 12.8. The number of amides is 1. The summed E-state index contributed by atoms with van der Waals surface area (Å²) in [6.07, 6.45) is 9.82. The van der Waals surface area contributed by atoms with Crippen LogP contribution in [0.1, 0.15) is 39.4 Å². The molecule has 22 heavy (non-hydrogen) atoms. The summed E-state index contributed by atoms with van der Waals surface area (Å²) < 4.78 is 1.99. The Kier molecular flexibility index (Phi) is 5.20. The molecule has 0 saturated heterocycles. The summed E-state index contributed by atoms with van der Waals surface area (Å²) >= 11 is 3.34. The molecule has 1 N–H and O–H groups in total. The van der Waals surface area contributed by atoms with Crippen LogP contribution in [0.15, 0.2) is 23.6 Å². The summed E-state index contributed by atoms with van der Waals surface area (Å²) in [5.74, 6) is 0.903.